The van der Waals surface area contributed by atoms with Crippen LogP contribution in [0.25, 0.3) is 15.4 Å². The fourth-order valence-electron chi connectivity index (χ4n) is 10.0. The number of thiazole rings is 1. The van der Waals surface area contributed by atoms with Crippen molar-refractivity contribution < 1.29 is 29.0 Å². The van der Waals surface area contributed by atoms with Gasteiger partial charge in [0.05, 0.1) is 52.2 Å². The third-order valence-electron chi connectivity index (χ3n) is 14.4. The fourth-order valence-corrected chi connectivity index (χ4v) is 12.2. The molecule has 0 radical (unpaired) electrons. The maximum absolute atomic E-state index is 14.3. The lowest BCUT2D eigenvalue weighted by Gasteiger charge is -2.36. The highest BCUT2D eigenvalue weighted by atomic mass is 35.5. The molecular weight excluding hydrogens is 982 g/mol. The number of carbonyl (C=O) groups excluding carboxylic acids is 4. The van der Waals surface area contributed by atoms with Crippen LogP contribution in [0.15, 0.2) is 82.8 Å². The van der Waals surface area contributed by atoms with Gasteiger partial charge in [0.25, 0.3) is 0 Å². The number of aliphatic hydroxyl groups is 1. The first-order chi connectivity index (χ1) is 34.7. The Kier molecular flexibility index (Phi) is 15.0. The number of aryl methyl sites for hydroxylation is 3. The Morgan fingerprint density at radius 1 is 0.959 bits per heavy atom. The number of rotatable bonds is 14. The van der Waals surface area contributed by atoms with Gasteiger partial charge in [-0.1, -0.05) is 82.3 Å². The van der Waals surface area contributed by atoms with Crippen molar-refractivity contribution in [2.24, 2.45) is 16.3 Å². The lowest BCUT2D eigenvalue weighted by atomic mass is 9.85. The lowest BCUT2D eigenvalue weighted by Crippen LogP contribution is -2.58. The molecule has 2 aliphatic heterocycles. The maximum atomic E-state index is 14.3. The largest absolute Gasteiger partial charge is 0.490 e. The van der Waals surface area contributed by atoms with E-state index in [2.05, 4.69) is 62.5 Å². The van der Waals surface area contributed by atoms with Crippen molar-refractivity contribution in [2.75, 3.05) is 6.54 Å². The van der Waals surface area contributed by atoms with Gasteiger partial charge in [0, 0.05) is 42.3 Å². The zero-order valence-corrected chi connectivity index (χ0v) is 45.1. The normalized spacial score (nSPS) is 23.2. The molecule has 9 rings (SSSR count). The second-order valence-corrected chi connectivity index (χ2v) is 23.6. The zero-order chi connectivity index (χ0) is 52.0. The van der Waals surface area contributed by atoms with Gasteiger partial charge in [-0.2, -0.15) is 0 Å². The average molecular weight is 1050 g/mol. The second-order valence-electron chi connectivity index (χ2n) is 21.1. The molecule has 4 N–H and O–H groups in total. The third-order valence-corrected chi connectivity index (χ3v) is 17.1. The van der Waals surface area contributed by atoms with Crippen LogP contribution in [0.5, 0.6) is 5.75 Å². The van der Waals surface area contributed by atoms with Crippen LogP contribution in [0.1, 0.15) is 117 Å². The molecule has 5 aromatic rings. The number of nitrogens with zero attached hydrogens (tertiary/aromatic N) is 6. The molecule has 3 aromatic heterocycles. The van der Waals surface area contributed by atoms with Crippen LogP contribution in [0.4, 0.5) is 0 Å². The monoisotopic (exact) mass is 1050 g/mol. The summed E-state index contributed by atoms with van der Waals surface area (Å²) in [6.07, 6.45) is 6.69. The van der Waals surface area contributed by atoms with E-state index in [9.17, 15) is 24.3 Å². The van der Waals surface area contributed by atoms with Crippen molar-refractivity contribution >= 4 is 63.6 Å². The van der Waals surface area contributed by atoms with Gasteiger partial charge in [-0.3, -0.25) is 28.7 Å². The van der Waals surface area contributed by atoms with Crippen molar-refractivity contribution in [2.45, 2.75) is 142 Å². The Morgan fingerprint density at radius 2 is 1.68 bits per heavy atom. The highest BCUT2D eigenvalue weighted by molar-refractivity contribution is 7.15. The molecule has 15 nitrogen and oxygen atoms in total. The first-order valence-electron chi connectivity index (χ1n) is 25.0. The molecule has 18 heteroatoms. The number of likely N-dealkylation sites (tertiary alicyclic amines) is 1. The quantitative estimate of drug-likeness (QED) is 0.0792. The molecule has 1 saturated heterocycles. The second kappa shape index (κ2) is 21.1. The fraction of sp³-hybridized carbons (Fsp3) is 0.455. The number of hydrogen-bond donors (Lipinski definition) is 4. The maximum Gasteiger partial charge on any atom is 0.246 e. The predicted octanol–water partition coefficient (Wildman–Crippen LogP) is 8.30. The zero-order valence-electron chi connectivity index (χ0n) is 42.7. The number of alkyl halides is 1. The van der Waals surface area contributed by atoms with Crippen LogP contribution in [0.3, 0.4) is 0 Å². The number of hydrogen-bond acceptors (Lipinski definition) is 12. The summed E-state index contributed by atoms with van der Waals surface area (Å²) in [5.41, 5.74) is 8.74. The van der Waals surface area contributed by atoms with Crippen LogP contribution >= 0.6 is 34.3 Å². The smallest absolute Gasteiger partial charge is 0.246 e. The standard InChI is InChI=1S/C55H64ClN9O6S2/c1-28-20-37(16-19-42(28)56)48-47-29(2)32(5)73-54(47)65-33(6)62-63-51(65)43(60-48)25-46(68)59-38-22-41(23-38)71-40-17-10-34(11-18-40)21-45(67)61-50(55(7,8)9)53(70)64-26-39(66)24-44(64)52(69)58-30(3)35-12-14-36(15-13-35)49-31(4)57-27-72-49/h10-20,27-28,30,38-39,41-44,50,66H,21-26H2,1-9H3,(H,58,69)(H,59,68)(H,61,67)/t28?,30-,38?,39+,41?,42?,43?,44-,50+/m0/s1. The Hall–Kier alpha value is -6.01. The van der Waals surface area contributed by atoms with Gasteiger partial charge in [0.1, 0.15) is 40.8 Å². The van der Waals surface area contributed by atoms with Gasteiger partial charge in [-0.05, 0) is 85.9 Å². The van der Waals surface area contributed by atoms with Crippen LogP contribution < -0.4 is 20.7 Å². The topological polar surface area (TPSA) is 193 Å². The number of aromatic nitrogens is 4. The van der Waals surface area contributed by atoms with Gasteiger partial charge in [0.15, 0.2) is 5.82 Å². The summed E-state index contributed by atoms with van der Waals surface area (Å²) >= 11 is 9.82. The number of halogens is 1. The van der Waals surface area contributed by atoms with E-state index < -0.39 is 35.6 Å². The number of aliphatic hydroxyl groups excluding tert-OH is 1. The number of aliphatic imine (C=N–C) groups is 1. The van der Waals surface area contributed by atoms with Crippen molar-refractivity contribution in [3.8, 4) is 21.2 Å². The molecule has 5 heterocycles. The van der Waals surface area contributed by atoms with Gasteiger partial charge in [0.2, 0.25) is 23.6 Å². The van der Waals surface area contributed by atoms with Gasteiger partial charge < -0.3 is 30.7 Å². The number of ether oxygens (including phenoxy) is 1. The molecule has 0 bridgehead atoms. The Morgan fingerprint density at radius 3 is 2.36 bits per heavy atom. The number of thiophene rings is 1. The molecule has 73 heavy (non-hydrogen) atoms. The van der Waals surface area contributed by atoms with E-state index in [4.69, 9.17) is 21.3 Å². The van der Waals surface area contributed by atoms with Crippen molar-refractivity contribution in [3.63, 3.8) is 0 Å². The summed E-state index contributed by atoms with van der Waals surface area (Å²) in [7, 11) is 0. The third kappa shape index (κ3) is 11.1. The van der Waals surface area contributed by atoms with Gasteiger partial charge >= 0.3 is 0 Å². The predicted molar refractivity (Wildman–Crippen MR) is 285 cm³/mol. The number of carbonyl (C=O) groups is 4. The minimum absolute atomic E-state index is 0.0142. The highest BCUT2D eigenvalue weighted by Crippen LogP contribution is 2.41. The number of nitrogens with one attached hydrogen (secondary N) is 3. The molecule has 2 fully saturated rings. The van der Waals surface area contributed by atoms with E-state index >= 15 is 0 Å². The van der Waals surface area contributed by atoms with E-state index in [1.807, 2.05) is 108 Å². The molecular formula is C55H64ClN9O6S2. The summed E-state index contributed by atoms with van der Waals surface area (Å²) in [5.74, 6) is 0.862. The number of allylic oxidation sites excluding steroid dienone is 4. The minimum atomic E-state index is -0.958. The van der Waals surface area contributed by atoms with Crippen LogP contribution in [-0.2, 0) is 25.6 Å². The number of benzene rings is 2. The summed E-state index contributed by atoms with van der Waals surface area (Å²) in [6.45, 7) is 17.7. The van der Waals surface area contributed by atoms with Crippen molar-refractivity contribution in [3.05, 3.63) is 122 Å². The first-order valence-corrected chi connectivity index (χ1v) is 27.1. The molecule has 3 unspecified atom stereocenters. The summed E-state index contributed by atoms with van der Waals surface area (Å²) in [4.78, 5) is 68.7. The first kappa shape index (κ1) is 51.9. The summed E-state index contributed by atoms with van der Waals surface area (Å²) in [5, 5.41) is 29.8. The van der Waals surface area contributed by atoms with E-state index in [1.165, 1.54) is 9.78 Å². The number of β-amino-alcohol motifs (C(OH)–C–C–N with tert-alkyl or cyclic N) is 1. The molecule has 2 aromatic carbocycles. The SMILES string of the molecule is Cc1ncsc1-c1ccc([C@H](C)NC(=O)[C@@H]2C[C@@H](O)CN2C(=O)[C@@H](NC(=O)Cc2ccc(OC3CC(NC(=O)CC4N=C(C5=CC(C)C(Cl)C=C5)c5c(sc(C)c5C)-n5c(C)nnc54)C3)cc2)C(C)(C)C)cc1. The molecule has 2 aliphatic carbocycles. The summed E-state index contributed by atoms with van der Waals surface area (Å²) < 4.78 is 8.32. The number of amides is 4. The molecule has 384 valence electrons. The van der Waals surface area contributed by atoms with Crippen LogP contribution in [0, 0.1) is 39.0 Å². The molecule has 0 spiro atoms. The molecule has 4 aliphatic rings. The average Bonchev–Trinajstić information content (AvgIpc) is 4.10. The molecule has 7 atom stereocenters. The van der Waals surface area contributed by atoms with Gasteiger partial charge in [-0.15, -0.1) is 44.5 Å². The minimum Gasteiger partial charge on any atom is -0.490 e. The lowest BCUT2D eigenvalue weighted by molar-refractivity contribution is -0.144. The van der Waals surface area contributed by atoms with Crippen molar-refractivity contribution in [1.82, 2.24) is 40.6 Å². The Labute approximate surface area is 439 Å². The van der Waals surface area contributed by atoms with Crippen molar-refractivity contribution in [1.29, 1.82) is 0 Å². The Balaban J connectivity index is 0.770. The highest BCUT2D eigenvalue weighted by Gasteiger charge is 2.45. The summed E-state index contributed by atoms with van der Waals surface area (Å²) in [6, 6.07) is 12.4. The Bertz CT molecular complexity index is 3000. The number of fused-ring (bicyclic) bond motifs is 3. The van der Waals surface area contributed by atoms with E-state index in [-0.39, 0.29) is 73.0 Å². The van der Waals surface area contributed by atoms with Gasteiger partial charge in [-0.25, -0.2) is 4.98 Å². The van der Waals surface area contributed by atoms with E-state index in [0.29, 0.717) is 24.4 Å². The van der Waals surface area contributed by atoms with Crippen LogP contribution in [0.2, 0.25) is 0 Å². The van der Waals surface area contributed by atoms with E-state index in [1.54, 1.807) is 22.7 Å². The van der Waals surface area contributed by atoms with Crippen LogP contribution in [-0.4, -0.2) is 101 Å². The molecule has 1 saturated carbocycles. The van der Waals surface area contributed by atoms with E-state index in [0.717, 1.165) is 60.5 Å². The molecule has 4 amide bonds.